The number of aliphatic hydroxyl groups is 1. The van der Waals surface area contributed by atoms with Gasteiger partial charge in [0.05, 0.1) is 29.9 Å². The quantitative estimate of drug-likeness (QED) is 0.212. The topological polar surface area (TPSA) is 93.1 Å². The lowest BCUT2D eigenvalue weighted by atomic mass is 9.95. The maximum Gasteiger partial charge on any atom is 0.338 e. The summed E-state index contributed by atoms with van der Waals surface area (Å²) in [4.78, 5) is 40.5. The number of aliphatic hydroxyl groups excluding tert-OH is 1. The Morgan fingerprint density at radius 1 is 0.944 bits per heavy atom. The van der Waals surface area contributed by atoms with Crippen molar-refractivity contribution in [3.8, 4) is 5.75 Å². The number of anilines is 1. The second-order valence-electron chi connectivity index (χ2n) is 8.55. The normalized spacial score (nSPS) is 16.9. The summed E-state index contributed by atoms with van der Waals surface area (Å²) < 4.78 is 10.8. The lowest BCUT2D eigenvalue weighted by Gasteiger charge is -2.25. The highest BCUT2D eigenvalue weighted by Crippen LogP contribution is 2.42. The molecule has 7 heteroatoms. The van der Waals surface area contributed by atoms with Crippen LogP contribution >= 0.6 is 0 Å². The van der Waals surface area contributed by atoms with Gasteiger partial charge in [0.1, 0.15) is 11.5 Å². The van der Waals surface area contributed by atoms with E-state index in [0.29, 0.717) is 29.2 Å². The smallest absolute Gasteiger partial charge is 0.338 e. The zero-order chi connectivity index (χ0) is 25.8. The molecule has 0 bridgehead atoms. The molecule has 36 heavy (non-hydrogen) atoms. The number of carbonyl (C=O) groups is 3. The van der Waals surface area contributed by atoms with Crippen LogP contribution < -0.4 is 9.64 Å². The van der Waals surface area contributed by atoms with Gasteiger partial charge in [-0.1, -0.05) is 48.5 Å². The Kier molecular flexibility index (Phi) is 7.20. The summed E-state index contributed by atoms with van der Waals surface area (Å²) in [6, 6.07) is 21.2. The zero-order valence-electron chi connectivity index (χ0n) is 20.3. The molecule has 1 unspecified atom stereocenters. The van der Waals surface area contributed by atoms with Gasteiger partial charge in [-0.15, -0.1) is 0 Å². The molecule has 3 aromatic rings. The summed E-state index contributed by atoms with van der Waals surface area (Å²) in [5.74, 6) is -1.93. The third-order valence-electron chi connectivity index (χ3n) is 5.68. The molecule has 0 radical (unpaired) electrons. The molecule has 0 saturated carbocycles. The minimum Gasteiger partial charge on any atom is -0.507 e. The van der Waals surface area contributed by atoms with Crippen molar-refractivity contribution in [2.75, 3.05) is 11.5 Å². The predicted molar refractivity (Wildman–Crippen MR) is 136 cm³/mol. The van der Waals surface area contributed by atoms with Gasteiger partial charge in [0, 0.05) is 11.3 Å². The molecule has 1 amide bonds. The number of nitrogens with zero attached hydrogens (tertiary/aromatic N) is 1. The lowest BCUT2D eigenvalue weighted by molar-refractivity contribution is -0.132. The second kappa shape index (κ2) is 10.5. The zero-order valence-corrected chi connectivity index (χ0v) is 20.3. The van der Waals surface area contributed by atoms with Crippen LogP contribution in [0, 0.1) is 0 Å². The van der Waals surface area contributed by atoms with E-state index >= 15 is 0 Å². The fraction of sp³-hybridized carbons (Fsp3) is 0.207. The molecule has 1 N–H and O–H groups in total. The summed E-state index contributed by atoms with van der Waals surface area (Å²) in [6.45, 7) is 5.78. The molecule has 1 aliphatic heterocycles. The van der Waals surface area contributed by atoms with Gasteiger partial charge in [0.15, 0.2) is 0 Å². The van der Waals surface area contributed by atoms with Crippen molar-refractivity contribution in [3.63, 3.8) is 0 Å². The second-order valence-corrected chi connectivity index (χ2v) is 8.55. The molecular weight excluding hydrogens is 458 g/mol. The first-order chi connectivity index (χ1) is 17.3. The van der Waals surface area contributed by atoms with E-state index in [4.69, 9.17) is 9.47 Å². The average Bonchev–Trinajstić information content (AvgIpc) is 3.14. The Balaban J connectivity index is 1.86. The van der Waals surface area contributed by atoms with Crippen molar-refractivity contribution in [2.24, 2.45) is 0 Å². The predicted octanol–water partition coefficient (Wildman–Crippen LogP) is 5.28. The minimum atomic E-state index is -0.904. The molecule has 0 aromatic heterocycles. The summed E-state index contributed by atoms with van der Waals surface area (Å²) >= 11 is 0. The van der Waals surface area contributed by atoms with Crippen molar-refractivity contribution >= 4 is 29.1 Å². The number of amides is 1. The summed E-state index contributed by atoms with van der Waals surface area (Å²) in [5, 5.41) is 11.3. The van der Waals surface area contributed by atoms with Gasteiger partial charge in [0.25, 0.3) is 11.7 Å². The van der Waals surface area contributed by atoms with Gasteiger partial charge in [-0.25, -0.2) is 4.79 Å². The number of ketones is 1. The van der Waals surface area contributed by atoms with Crippen LogP contribution in [-0.4, -0.2) is 35.5 Å². The van der Waals surface area contributed by atoms with Gasteiger partial charge in [0.2, 0.25) is 0 Å². The van der Waals surface area contributed by atoms with Crippen LogP contribution in [0.2, 0.25) is 0 Å². The number of carbonyl (C=O) groups excluding carboxylic acids is 3. The molecule has 1 atom stereocenters. The van der Waals surface area contributed by atoms with E-state index in [1.165, 1.54) is 11.0 Å². The highest BCUT2D eigenvalue weighted by molar-refractivity contribution is 6.51. The summed E-state index contributed by atoms with van der Waals surface area (Å²) in [5.41, 5.74) is 1.53. The average molecular weight is 486 g/mol. The Bertz CT molecular complexity index is 1330. The van der Waals surface area contributed by atoms with Crippen LogP contribution in [0.3, 0.4) is 0 Å². The SMILES string of the molecule is CCOc1cccc(/C(O)=C2\C(=O)C(=O)N(c3cccc(C(=O)OC(C)C)c3)C2c2ccccc2)c1. The summed E-state index contributed by atoms with van der Waals surface area (Å²) in [7, 11) is 0. The highest BCUT2D eigenvalue weighted by atomic mass is 16.5. The molecule has 3 aromatic carbocycles. The molecule has 1 aliphatic rings. The van der Waals surface area contributed by atoms with E-state index in [1.54, 1.807) is 80.6 Å². The first-order valence-corrected chi connectivity index (χ1v) is 11.7. The molecule has 4 rings (SSSR count). The third-order valence-corrected chi connectivity index (χ3v) is 5.68. The van der Waals surface area contributed by atoms with E-state index in [9.17, 15) is 19.5 Å². The number of hydrogen-bond acceptors (Lipinski definition) is 6. The van der Waals surface area contributed by atoms with Crippen LogP contribution in [0.25, 0.3) is 5.76 Å². The largest absolute Gasteiger partial charge is 0.507 e. The van der Waals surface area contributed by atoms with Crippen molar-refractivity contribution < 1.29 is 29.0 Å². The summed E-state index contributed by atoms with van der Waals surface area (Å²) in [6.07, 6.45) is -0.313. The van der Waals surface area contributed by atoms with Crippen LogP contribution in [0.1, 0.15) is 48.3 Å². The number of esters is 1. The fourth-order valence-corrected chi connectivity index (χ4v) is 4.17. The van der Waals surface area contributed by atoms with Crippen molar-refractivity contribution in [3.05, 3.63) is 101 Å². The number of Topliss-reactive ketones (excluding diaryl/α,β-unsaturated/α-hetero) is 1. The molecule has 0 spiro atoms. The number of ether oxygens (including phenoxy) is 2. The molecule has 1 heterocycles. The van der Waals surface area contributed by atoms with E-state index in [1.807, 2.05) is 13.0 Å². The van der Waals surface area contributed by atoms with Crippen molar-refractivity contribution in [1.29, 1.82) is 0 Å². The standard InChI is InChI=1S/C29H27NO6/c1-4-35-23-15-9-12-20(17-23)26(31)24-25(19-10-6-5-7-11-19)30(28(33)27(24)32)22-14-8-13-21(16-22)29(34)36-18(2)3/h5-18,25,31H,4H2,1-3H3/b26-24+. The van der Waals surface area contributed by atoms with Crippen molar-refractivity contribution in [1.82, 2.24) is 0 Å². The first-order valence-electron chi connectivity index (χ1n) is 11.7. The molecular formula is C29H27NO6. The fourth-order valence-electron chi connectivity index (χ4n) is 4.17. The Morgan fingerprint density at radius 2 is 1.64 bits per heavy atom. The molecule has 1 saturated heterocycles. The van der Waals surface area contributed by atoms with Gasteiger partial charge >= 0.3 is 5.97 Å². The van der Waals surface area contributed by atoms with Gasteiger partial charge in [-0.05, 0) is 56.7 Å². The number of rotatable bonds is 7. The van der Waals surface area contributed by atoms with E-state index < -0.39 is 23.7 Å². The van der Waals surface area contributed by atoms with E-state index in [2.05, 4.69) is 0 Å². The van der Waals surface area contributed by atoms with E-state index in [-0.39, 0.29) is 23.0 Å². The van der Waals surface area contributed by atoms with Gasteiger partial charge < -0.3 is 14.6 Å². The maximum absolute atomic E-state index is 13.4. The van der Waals surface area contributed by atoms with Crippen LogP contribution in [-0.2, 0) is 14.3 Å². The number of benzene rings is 3. The third kappa shape index (κ3) is 4.86. The minimum absolute atomic E-state index is 0.0463. The van der Waals surface area contributed by atoms with Crippen molar-refractivity contribution in [2.45, 2.75) is 32.9 Å². The Labute approximate surface area is 209 Å². The molecule has 184 valence electrons. The lowest BCUT2D eigenvalue weighted by Crippen LogP contribution is -2.29. The molecule has 1 fully saturated rings. The number of hydrogen-bond donors (Lipinski definition) is 1. The monoisotopic (exact) mass is 485 g/mol. The first kappa shape index (κ1) is 24.7. The van der Waals surface area contributed by atoms with Gasteiger partial charge in [-0.3, -0.25) is 14.5 Å². The molecule has 0 aliphatic carbocycles. The maximum atomic E-state index is 13.4. The molecule has 7 nitrogen and oxygen atoms in total. The van der Waals surface area contributed by atoms with Gasteiger partial charge in [-0.2, -0.15) is 0 Å². The highest BCUT2D eigenvalue weighted by Gasteiger charge is 2.47. The van der Waals surface area contributed by atoms with Crippen LogP contribution in [0.15, 0.2) is 84.4 Å². The Morgan fingerprint density at radius 3 is 2.33 bits per heavy atom. The van der Waals surface area contributed by atoms with Crippen LogP contribution in [0.5, 0.6) is 5.75 Å². The van der Waals surface area contributed by atoms with Crippen LogP contribution in [0.4, 0.5) is 5.69 Å². The Hall–Kier alpha value is -4.39. The van der Waals surface area contributed by atoms with E-state index in [0.717, 1.165) is 0 Å².